The molecule has 11 aromatic rings. The molecule has 252 valence electrons. The molecule has 3 nitrogen and oxygen atoms in total. The van der Waals surface area contributed by atoms with Gasteiger partial charge in [-0.15, -0.1) is 11.3 Å². The van der Waals surface area contributed by atoms with Crippen molar-refractivity contribution in [3.63, 3.8) is 0 Å². The van der Waals surface area contributed by atoms with Gasteiger partial charge in [0.1, 0.15) is 16.2 Å². The summed E-state index contributed by atoms with van der Waals surface area (Å²) in [5.41, 5.74) is 13.8. The summed E-state index contributed by atoms with van der Waals surface area (Å²) in [7, 11) is 0. The van der Waals surface area contributed by atoms with Gasteiger partial charge in [0.25, 0.3) is 0 Å². The zero-order chi connectivity index (χ0) is 35.6. The highest BCUT2D eigenvalue weighted by Gasteiger charge is 2.21. The molecule has 0 unspecified atom stereocenters. The molecule has 0 aliphatic heterocycles. The summed E-state index contributed by atoms with van der Waals surface area (Å²) in [4.78, 5) is 10.4. The number of nitrogens with zero attached hydrogens (tertiary/aromatic N) is 2. The standard InChI is InChI=1S/C50H30N2OS/c1-3-13-31(14-4-1)46-47-38-21-7-9-23-41(38)51-49(40(47)30-44-48(46)39-22-8-10-24-43(39)53-44)37-20-12-19-35(28-37)33-17-11-18-34(27-33)36-25-26-45-42(29-36)52-50(54-45)32-15-5-2-6-16-32/h1-30H. The van der Waals surface area contributed by atoms with E-state index in [2.05, 4.69) is 170 Å². The van der Waals surface area contributed by atoms with Crippen LogP contribution < -0.4 is 0 Å². The smallest absolute Gasteiger partial charge is 0.136 e. The highest BCUT2D eigenvalue weighted by atomic mass is 32.1. The summed E-state index contributed by atoms with van der Waals surface area (Å²) < 4.78 is 7.78. The van der Waals surface area contributed by atoms with Crippen LogP contribution in [-0.2, 0) is 0 Å². The Bertz CT molecular complexity index is 3220. The Labute approximate surface area is 315 Å². The molecule has 0 N–H and O–H groups in total. The van der Waals surface area contributed by atoms with Crippen molar-refractivity contribution in [1.29, 1.82) is 0 Å². The average Bonchev–Trinajstić information content (AvgIpc) is 3.85. The first-order chi connectivity index (χ1) is 26.7. The molecule has 0 fully saturated rings. The summed E-state index contributed by atoms with van der Waals surface area (Å²) in [5.74, 6) is 0. The van der Waals surface area contributed by atoms with Gasteiger partial charge < -0.3 is 4.42 Å². The van der Waals surface area contributed by atoms with Gasteiger partial charge in [-0.3, -0.25) is 0 Å². The van der Waals surface area contributed by atoms with Gasteiger partial charge in [-0.05, 0) is 70.3 Å². The summed E-state index contributed by atoms with van der Waals surface area (Å²) in [5, 5.41) is 6.66. The van der Waals surface area contributed by atoms with Crippen LogP contribution in [0, 0.1) is 0 Å². The van der Waals surface area contributed by atoms with E-state index in [0.717, 1.165) is 93.4 Å². The maximum Gasteiger partial charge on any atom is 0.136 e. The first-order valence-corrected chi connectivity index (χ1v) is 19.0. The van der Waals surface area contributed by atoms with Gasteiger partial charge in [-0.25, -0.2) is 9.97 Å². The number of pyridine rings is 1. The Balaban J connectivity index is 1.08. The molecule has 11 rings (SSSR count). The van der Waals surface area contributed by atoms with Crippen LogP contribution in [0.15, 0.2) is 186 Å². The fourth-order valence-electron chi connectivity index (χ4n) is 7.97. The molecule has 0 spiro atoms. The third-order valence-corrected chi connectivity index (χ3v) is 11.5. The summed E-state index contributed by atoms with van der Waals surface area (Å²) in [6.45, 7) is 0. The van der Waals surface area contributed by atoms with E-state index in [1.165, 1.54) is 15.6 Å². The van der Waals surface area contributed by atoms with Gasteiger partial charge >= 0.3 is 0 Å². The molecule has 0 bridgehead atoms. The van der Waals surface area contributed by atoms with E-state index in [4.69, 9.17) is 14.4 Å². The highest BCUT2D eigenvalue weighted by Crippen LogP contribution is 2.46. The summed E-state index contributed by atoms with van der Waals surface area (Å²) in [6, 6.07) is 64.4. The summed E-state index contributed by atoms with van der Waals surface area (Å²) >= 11 is 1.73. The predicted octanol–water partition coefficient (Wildman–Crippen LogP) is 14.2. The fraction of sp³-hybridized carbons (Fsp3) is 0. The number of rotatable bonds is 5. The van der Waals surface area contributed by atoms with Crippen molar-refractivity contribution in [1.82, 2.24) is 9.97 Å². The lowest BCUT2D eigenvalue weighted by molar-refractivity contribution is 0.669. The molecule has 0 amide bonds. The molecule has 0 saturated carbocycles. The highest BCUT2D eigenvalue weighted by molar-refractivity contribution is 7.21. The first kappa shape index (κ1) is 30.7. The van der Waals surface area contributed by atoms with Crippen molar-refractivity contribution >= 4 is 65.2 Å². The number of para-hydroxylation sites is 2. The maximum atomic E-state index is 6.59. The van der Waals surface area contributed by atoms with Crippen molar-refractivity contribution in [3.05, 3.63) is 182 Å². The predicted molar refractivity (Wildman–Crippen MR) is 227 cm³/mol. The van der Waals surface area contributed by atoms with Crippen molar-refractivity contribution in [2.24, 2.45) is 0 Å². The number of thiazole rings is 1. The lowest BCUT2D eigenvalue weighted by Crippen LogP contribution is -1.93. The van der Waals surface area contributed by atoms with Crippen molar-refractivity contribution in [3.8, 4) is 55.2 Å². The lowest BCUT2D eigenvalue weighted by Gasteiger charge is -2.16. The Kier molecular flexibility index (Phi) is 7.04. The molecule has 0 radical (unpaired) electrons. The second-order valence-corrected chi connectivity index (χ2v) is 14.7. The van der Waals surface area contributed by atoms with Gasteiger partial charge in [0.15, 0.2) is 0 Å². The Hall–Kier alpha value is -6.88. The minimum Gasteiger partial charge on any atom is -0.456 e. The molecule has 3 aromatic heterocycles. The Morgan fingerprint density at radius 1 is 0.370 bits per heavy atom. The minimum absolute atomic E-state index is 0.859. The van der Waals surface area contributed by atoms with Crippen molar-refractivity contribution in [2.75, 3.05) is 0 Å². The van der Waals surface area contributed by atoms with Crippen LogP contribution in [0.4, 0.5) is 0 Å². The largest absolute Gasteiger partial charge is 0.456 e. The molecular formula is C50H30N2OS. The van der Waals surface area contributed by atoms with Crippen molar-refractivity contribution < 1.29 is 4.42 Å². The van der Waals surface area contributed by atoms with Crippen LogP contribution in [0.1, 0.15) is 0 Å². The van der Waals surface area contributed by atoms with E-state index < -0.39 is 0 Å². The third-order valence-electron chi connectivity index (χ3n) is 10.5. The van der Waals surface area contributed by atoms with E-state index >= 15 is 0 Å². The van der Waals surface area contributed by atoms with Gasteiger partial charge in [0, 0.05) is 43.6 Å². The fourth-order valence-corrected chi connectivity index (χ4v) is 8.92. The Morgan fingerprint density at radius 2 is 0.981 bits per heavy atom. The minimum atomic E-state index is 0.859. The number of furan rings is 1. The summed E-state index contributed by atoms with van der Waals surface area (Å²) in [6.07, 6.45) is 0. The molecule has 0 saturated heterocycles. The van der Waals surface area contributed by atoms with E-state index in [-0.39, 0.29) is 0 Å². The number of fused-ring (bicyclic) bond motifs is 7. The van der Waals surface area contributed by atoms with Crippen LogP contribution in [-0.4, -0.2) is 9.97 Å². The maximum absolute atomic E-state index is 6.59. The van der Waals surface area contributed by atoms with Crippen LogP contribution >= 0.6 is 11.3 Å². The van der Waals surface area contributed by atoms with Gasteiger partial charge in [-0.1, -0.05) is 140 Å². The second kappa shape index (κ2) is 12.4. The number of hydrogen-bond donors (Lipinski definition) is 0. The zero-order valence-electron chi connectivity index (χ0n) is 29.0. The average molecular weight is 707 g/mol. The van der Waals surface area contributed by atoms with E-state index in [0.29, 0.717) is 0 Å². The van der Waals surface area contributed by atoms with Crippen LogP contribution in [0.3, 0.4) is 0 Å². The molecule has 4 heteroatoms. The molecule has 0 aliphatic rings. The van der Waals surface area contributed by atoms with Gasteiger partial charge in [0.05, 0.1) is 21.4 Å². The molecule has 3 heterocycles. The Morgan fingerprint density at radius 3 is 1.76 bits per heavy atom. The van der Waals surface area contributed by atoms with Crippen molar-refractivity contribution in [2.45, 2.75) is 0 Å². The van der Waals surface area contributed by atoms with Crippen LogP contribution in [0.5, 0.6) is 0 Å². The number of benzene rings is 8. The first-order valence-electron chi connectivity index (χ1n) is 18.1. The van der Waals surface area contributed by atoms with E-state index in [9.17, 15) is 0 Å². The quantitative estimate of drug-likeness (QED) is 0.167. The zero-order valence-corrected chi connectivity index (χ0v) is 29.8. The topological polar surface area (TPSA) is 38.9 Å². The molecule has 54 heavy (non-hydrogen) atoms. The third kappa shape index (κ3) is 5.03. The van der Waals surface area contributed by atoms with Crippen LogP contribution in [0.25, 0.3) is 109 Å². The van der Waals surface area contributed by atoms with E-state index in [1.807, 2.05) is 12.1 Å². The number of hydrogen-bond acceptors (Lipinski definition) is 4. The lowest BCUT2D eigenvalue weighted by atomic mass is 9.89. The molecule has 8 aromatic carbocycles. The van der Waals surface area contributed by atoms with Crippen LogP contribution in [0.2, 0.25) is 0 Å². The monoisotopic (exact) mass is 706 g/mol. The normalized spacial score (nSPS) is 11.7. The number of aromatic nitrogens is 2. The van der Waals surface area contributed by atoms with E-state index in [1.54, 1.807) is 11.3 Å². The molecular weight excluding hydrogens is 677 g/mol. The molecule has 0 atom stereocenters. The van der Waals surface area contributed by atoms with Gasteiger partial charge in [-0.2, -0.15) is 0 Å². The molecule has 0 aliphatic carbocycles. The second-order valence-electron chi connectivity index (χ2n) is 13.7. The van der Waals surface area contributed by atoms with Gasteiger partial charge in [0.2, 0.25) is 0 Å². The SMILES string of the molecule is c1ccc(-c2nc3cc(-c4cccc(-c5cccc(-c6nc7ccccc7c7c(-c8ccccc8)c8c(cc67)oc6ccccc68)c5)c4)ccc3s2)cc1.